The number of rotatable bonds is 3. The van der Waals surface area contributed by atoms with E-state index in [0.717, 1.165) is 31.6 Å². The fourth-order valence-electron chi connectivity index (χ4n) is 1.83. The van der Waals surface area contributed by atoms with Gasteiger partial charge in [0.1, 0.15) is 0 Å². The second-order valence-electron chi connectivity index (χ2n) is 3.80. The van der Waals surface area contributed by atoms with E-state index in [4.69, 9.17) is 10.5 Å². The molecular weight excluding hydrogens is 198 g/mol. The van der Waals surface area contributed by atoms with Gasteiger partial charge in [-0.1, -0.05) is 4.49 Å². The van der Waals surface area contributed by atoms with Crippen molar-refractivity contribution in [3.8, 4) is 0 Å². The van der Waals surface area contributed by atoms with Crippen molar-refractivity contribution < 1.29 is 4.74 Å². The fourth-order valence-corrected chi connectivity index (χ4v) is 2.60. The summed E-state index contributed by atoms with van der Waals surface area (Å²) in [6.45, 7) is 3.41. The zero-order chi connectivity index (χ0) is 10.0. The third-order valence-corrected chi connectivity index (χ3v) is 3.61. The Bertz CT molecular complexity index is 307. The third kappa shape index (κ3) is 1.80. The van der Waals surface area contributed by atoms with Gasteiger partial charge in [0.25, 0.3) is 0 Å². The lowest BCUT2D eigenvalue weighted by atomic mass is 9.95. The molecule has 0 saturated carbocycles. The molecular formula is C9H15N3OS. The van der Waals surface area contributed by atoms with Gasteiger partial charge in [0.2, 0.25) is 0 Å². The van der Waals surface area contributed by atoms with Crippen molar-refractivity contribution in [1.82, 2.24) is 9.59 Å². The van der Waals surface area contributed by atoms with Gasteiger partial charge in [-0.3, -0.25) is 0 Å². The maximum atomic E-state index is 5.77. The van der Waals surface area contributed by atoms with E-state index in [0.29, 0.717) is 6.54 Å². The van der Waals surface area contributed by atoms with Crippen molar-refractivity contribution in [3.63, 3.8) is 0 Å². The number of hydrogen-bond donors (Lipinski definition) is 1. The average molecular weight is 213 g/mol. The summed E-state index contributed by atoms with van der Waals surface area (Å²) in [6.07, 6.45) is 3.04. The Morgan fingerprint density at radius 3 is 3.00 bits per heavy atom. The summed E-state index contributed by atoms with van der Waals surface area (Å²) in [5.41, 5.74) is 6.65. The quantitative estimate of drug-likeness (QED) is 0.810. The lowest BCUT2D eigenvalue weighted by molar-refractivity contribution is 0.0127. The largest absolute Gasteiger partial charge is 0.373 e. The van der Waals surface area contributed by atoms with E-state index in [2.05, 4.69) is 9.59 Å². The summed E-state index contributed by atoms with van der Waals surface area (Å²) in [5, 5.41) is 4.00. The van der Waals surface area contributed by atoms with Gasteiger partial charge in [0.15, 0.2) is 0 Å². The lowest BCUT2D eigenvalue weighted by Gasteiger charge is -2.25. The predicted octanol–water partition coefficient (Wildman–Crippen LogP) is 0.897. The molecule has 2 rings (SSSR count). The Hall–Kier alpha value is -0.520. The first kappa shape index (κ1) is 10.0. The third-order valence-electron chi connectivity index (χ3n) is 2.79. The van der Waals surface area contributed by atoms with E-state index in [1.165, 1.54) is 16.4 Å². The molecule has 4 nitrogen and oxygen atoms in total. The van der Waals surface area contributed by atoms with E-state index in [9.17, 15) is 0 Å². The highest BCUT2D eigenvalue weighted by Gasteiger charge is 2.34. The first-order chi connectivity index (χ1) is 6.76. The number of aryl methyl sites for hydroxylation is 1. The van der Waals surface area contributed by atoms with Gasteiger partial charge in [-0.15, -0.1) is 5.10 Å². The molecule has 1 saturated heterocycles. The minimum absolute atomic E-state index is 0.140. The van der Waals surface area contributed by atoms with E-state index in [1.807, 2.05) is 6.92 Å². The summed E-state index contributed by atoms with van der Waals surface area (Å²) < 4.78 is 9.67. The van der Waals surface area contributed by atoms with E-state index in [-0.39, 0.29) is 5.60 Å². The Morgan fingerprint density at radius 1 is 1.64 bits per heavy atom. The van der Waals surface area contributed by atoms with Crippen LogP contribution in [0.2, 0.25) is 0 Å². The molecule has 0 aliphatic carbocycles. The molecule has 1 aromatic rings. The van der Waals surface area contributed by atoms with Crippen LogP contribution < -0.4 is 5.73 Å². The van der Waals surface area contributed by atoms with E-state index in [1.54, 1.807) is 0 Å². The number of nitrogens with two attached hydrogens (primary N) is 1. The standard InChI is InChI=1S/C9H15N3OS/c1-7-8(14-12-11-7)5-9(6-10)3-2-4-13-9/h2-6,10H2,1H3. The van der Waals surface area contributed by atoms with Crippen LogP contribution in [-0.4, -0.2) is 28.3 Å². The SMILES string of the molecule is Cc1nnsc1CC1(CN)CCCO1. The van der Waals surface area contributed by atoms with Gasteiger partial charge in [0, 0.05) is 19.6 Å². The van der Waals surface area contributed by atoms with Crippen molar-refractivity contribution in [2.24, 2.45) is 5.73 Å². The van der Waals surface area contributed by atoms with Crippen LogP contribution in [0.4, 0.5) is 0 Å². The molecule has 14 heavy (non-hydrogen) atoms. The van der Waals surface area contributed by atoms with Crippen LogP contribution in [0.5, 0.6) is 0 Å². The highest BCUT2D eigenvalue weighted by Crippen LogP contribution is 2.30. The van der Waals surface area contributed by atoms with Crippen molar-refractivity contribution in [2.45, 2.75) is 31.8 Å². The van der Waals surface area contributed by atoms with Gasteiger partial charge >= 0.3 is 0 Å². The van der Waals surface area contributed by atoms with Crippen molar-refractivity contribution in [1.29, 1.82) is 0 Å². The zero-order valence-electron chi connectivity index (χ0n) is 8.32. The Kier molecular flexibility index (Phi) is 2.80. The van der Waals surface area contributed by atoms with Gasteiger partial charge in [0.05, 0.1) is 16.2 Å². The van der Waals surface area contributed by atoms with Crippen molar-refractivity contribution in [2.75, 3.05) is 13.2 Å². The number of aromatic nitrogens is 2. The molecule has 1 atom stereocenters. The summed E-state index contributed by atoms with van der Waals surface area (Å²) in [4.78, 5) is 1.21. The van der Waals surface area contributed by atoms with Crippen LogP contribution in [-0.2, 0) is 11.2 Å². The Balaban J connectivity index is 2.12. The van der Waals surface area contributed by atoms with Gasteiger partial charge < -0.3 is 10.5 Å². The number of ether oxygens (including phenoxy) is 1. The second-order valence-corrected chi connectivity index (χ2v) is 4.64. The molecule has 1 aliphatic heterocycles. The maximum absolute atomic E-state index is 5.77. The van der Waals surface area contributed by atoms with Gasteiger partial charge in [-0.05, 0) is 31.3 Å². The molecule has 1 unspecified atom stereocenters. The average Bonchev–Trinajstić information content (AvgIpc) is 2.79. The Morgan fingerprint density at radius 2 is 2.50 bits per heavy atom. The molecule has 2 heterocycles. The van der Waals surface area contributed by atoms with Crippen molar-refractivity contribution in [3.05, 3.63) is 10.6 Å². The first-order valence-electron chi connectivity index (χ1n) is 4.88. The highest BCUT2D eigenvalue weighted by molar-refractivity contribution is 7.05. The molecule has 78 valence electrons. The normalized spacial score (nSPS) is 27.0. The van der Waals surface area contributed by atoms with Crippen LogP contribution >= 0.6 is 11.5 Å². The van der Waals surface area contributed by atoms with E-state index < -0.39 is 0 Å². The molecule has 2 N–H and O–H groups in total. The summed E-state index contributed by atoms with van der Waals surface area (Å²) in [6, 6.07) is 0. The highest BCUT2D eigenvalue weighted by atomic mass is 32.1. The van der Waals surface area contributed by atoms with Crippen LogP contribution in [0.1, 0.15) is 23.4 Å². The first-order valence-corrected chi connectivity index (χ1v) is 5.65. The maximum Gasteiger partial charge on any atom is 0.0854 e. The molecule has 0 aromatic carbocycles. The molecule has 0 amide bonds. The van der Waals surface area contributed by atoms with Crippen LogP contribution in [0.25, 0.3) is 0 Å². The summed E-state index contributed by atoms with van der Waals surface area (Å²) in [5.74, 6) is 0. The van der Waals surface area contributed by atoms with E-state index >= 15 is 0 Å². The van der Waals surface area contributed by atoms with Crippen molar-refractivity contribution >= 4 is 11.5 Å². The molecule has 0 bridgehead atoms. The van der Waals surface area contributed by atoms with Crippen LogP contribution in [0, 0.1) is 6.92 Å². The van der Waals surface area contributed by atoms with Gasteiger partial charge in [-0.25, -0.2) is 0 Å². The van der Waals surface area contributed by atoms with Crippen LogP contribution in [0.3, 0.4) is 0 Å². The minimum atomic E-state index is -0.140. The molecule has 0 radical (unpaired) electrons. The predicted molar refractivity (Wildman–Crippen MR) is 55.3 cm³/mol. The minimum Gasteiger partial charge on any atom is -0.373 e. The molecule has 1 aromatic heterocycles. The fraction of sp³-hybridized carbons (Fsp3) is 0.778. The lowest BCUT2D eigenvalue weighted by Crippen LogP contribution is -2.39. The zero-order valence-corrected chi connectivity index (χ0v) is 9.14. The van der Waals surface area contributed by atoms with Crippen LogP contribution in [0.15, 0.2) is 0 Å². The smallest absolute Gasteiger partial charge is 0.0854 e. The molecule has 0 spiro atoms. The molecule has 1 fully saturated rings. The monoisotopic (exact) mass is 213 g/mol. The Labute approximate surface area is 87.6 Å². The summed E-state index contributed by atoms with van der Waals surface area (Å²) in [7, 11) is 0. The topological polar surface area (TPSA) is 61.0 Å². The second kappa shape index (κ2) is 3.92. The van der Waals surface area contributed by atoms with Gasteiger partial charge in [-0.2, -0.15) is 0 Å². The molecule has 1 aliphatic rings. The molecule has 5 heteroatoms. The number of hydrogen-bond acceptors (Lipinski definition) is 5. The summed E-state index contributed by atoms with van der Waals surface area (Å²) >= 11 is 1.45. The number of nitrogens with zero attached hydrogens (tertiary/aromatic N) is 2.